The van der Waals surface area contributed by atoms with Crippen molar-refractivity contribution in [1.29, 1.82) is 0 Å². The summed E-state index contributed by atoms with van der Waals surface area (Å²) in [6.07, 6.45) is 3.72. The van der Waals surface area contributed by atoms with E-state index in [1.54, 1.807) is 19.1 Å². The van der Waals surface area contributed by atoms with E-state index in [9.17, 15) is 9.18 Å². The van der Waals surface area contributed by atoms with Gasteiger partial charge in [0.2, 0.25) is 0 Å². The summed E-state index contributed by atoms with van der Waals surface area (Å²) in [5.41, 5.74) is 2.23. The molecule has 0 radical (unpaired) electrons. The first-order valence-electron chi connectivity index (χ1n) is 8.94. The Hall–Kier alpha value is -2.08. The first-order chi connectivity index (χ1) is 12.1. The van der Waals surface area contributed by atoms with Crippen LogP contribution in [0.1, 0.15) is 31.2 Å². The van der Waals surface area contributed by atoms with Gasteiger partial charge in [-0.15, -0.1) is 0 Å². The van der Waals surface area contributed by atoms with Crippen molar-refractivity contribution in [3.63, 3.8) is 0 Å². The number of aromatic nitrogens is 1. The lowest BCUT2D eigenvalue weighted by atomic mass is 10.1. The molecule has 2 unspecified atom stereocenters. The highest BCUT2D eigenvalue weighted by atomic mass is 19.1. The molecule has 2 N–H and O–H groups in total. The fourth-order valence-electron chi connectivity index (χ4n) is 3.46. The molecule has 0 saturated heterocycles. The molecule has 1 aromatic carbocycles. The Morgan fingerprint density at radius 1 is 1.48 bits per heavy atom. The number of carbonyl (C=O) groups is 1. The molecule has 1 aliphatic carbocycles. The van der Waals surface area contributed by atoms with Gasteiger partial charge >= 0.3 is 6.09 Å². The first kappa shape index (κ1) is 17.7. The van der Waals surface area contributed by atoms with Crippen LogP contribution in [0.15, 0.2) is 24.4 Å². The van der Waals surface area contributed by atoms with Crippen LogP contribution in [-0.4, -0.2) is 49.3 Å². The summed E-state index contributed by atoms with van der Waals surface area (Å²) in [5, 5.41) is 3.75. The number of halogens is 1. The summed E-state index contributed by atoms with van der Waals surface area (Å²) < 4.78 is 18.3. The first-order valence-corrected chi connectivity index (χ1v) is 8.94. The van der Waals surface area contributed by atoms with E-state index in [0.717, 1.165) is 36.8 Å². The van der Waals surface area contributed by atoms with Crippen molar-refractivity contribution < 1.29 is 13.9 Å². The summed E-state index contributed by atoms with van der Waals surface area (Å²) in [4.78, 5) is 16.7. The maximum absolute atomic E-state index is 13.5. The van der Waals surface area contributed by atoms with Crippen LogP contribution < -0.4 is 5.32 Å². The molecule has 5 nitrogen and oxygen atoms in total. The number of nitrogens with one attached hydrogen (secondary N) is 2. The van der Waals surface area contributed by atoms with Gasteiger partial charge in [0.25, 0.3) is 0 Å². The third-order valence-electron chi connectivity index (χ3n) is 4.81. The molecule has 136 valence electrons. The Balaban J connectivity index is 1.43. The third-order valence-corrected chi connectivity index (χ3v) is 4.81. The number of benzene rings is 1. The number of rotatable bonds is 8. The topological polar surface area (TPSA) is 57.4 Å². The van der Waals surface area contributed by atoms with Crippen molar-refractivity contribution in [3.05, 3.63) is 35.8 Å². The number of carbonyl (C=O) groups excluding carboxylic acids is 1. The van der Waals surface area contributed by atoms with Crippen LogP contribution in [0, 0.1) is 11.7 Å². The van der Waals surface area contributed by atoms with Gasteiger partial charge in [-0.25, -0.2) is 9.18 Å². The number of hydrogen-bond acceptors (Lipinski definition) is 3. The second kappa shape index (κ2) is 7.87. The smallest absolute Gasteiger partial charge is 0.407 e. The summed E-state index contributed by atoms with van der Waals surface area (Å²) >= 11 is 0. The zero-order valence-corrected chi connectivity index (χ0v) is 14.8. The van der Waals surface area contributed by atoms with E-state index >= 15 is 0 Å². The van der Waals surface area contributed by atoms with Gasteiger partial charge in [-0.05, 0) is 69.0 Å². The van der Waals surface area contributed by atoms with Gasteiger partial charge < -0.3 is 19.9 Å². The highest BCUT2D eigenvalue weighted by Gasteiger charge is 2.40. The molecule has 25 heavy (non-hydrogen) atoms. The van der Waals surface area contributed by atoms with Crippen molar-refractivity contribution in [2.24, 2.45) is 5.92 Å². The zero-order valence-electron chi connectivity index (χ0n) is 14.8. The van der Waals surface area contributed by atoms with Crippen LogP contribution in [0.25, 0.3) is 10.9 Å². The zero-order chi connectivity index (χ0) is 17.8. The van der Waals surface area contributed by atoms with E-state index in [0.29, 0.717) is 25.0 Å². The van der Waals surface area contributed by atoms with Crippen molar-refractivity contribution >= 4 is 17.0 Å². The van der Waals surface area contributed by atoms with Gasteiger partial charge in [0, 0.05) is 30.2 Å². The van der Waals surface area contributed by atoms with Crippen LogP contribution in [0.2, 0.25) is 0 Å². The van der Waals surface area contributed by atoms with Gasteiger partial charge in [-0.1, -0.05) is 0 Å². The van der Waals surface area contributed by atoms with Crippen molar-refractivity contribution in [2.45, 2.75) is 25.7 Å². The normalized spacial score (nSPS) is 19.4. The van der Waals surface area contributed by atoms with E-state index < -0.39 is 0 Å². The molecule has 1 amide bonds. The number of aromatic amines is 1. The van der Waals surface area contributed by atoms with Crippen LogP contribution in [0.3, 0.4) is 0 Å². The lowest BCUT2D eigenvalue weighted by molar-refractivity contribution is 0.151. The van der Waals surface area contributed by atoms with Gasteiger partial charge in [-0.2, -0.15) is 0 Å². The van der Waals surface area contributed by atoms with Gasteiger partial charge in [0.1, 0.15) is 5.82 Å². The minimum atomic E-state index is -0.348. The van der Waals surface area contributed by atoms with Crippen LogP contribution in [-0.2, 0) is 4.74 Å². The number of fused-ring (bicyclic) bond motifs is 1. The molecule has 1 saturated carbocycles. The minimum Gasteiger partial charge on any atom is -0.450 e. The molecule has 3 rings (SSSR count). The molecule has 1 heterocycles. The second-order valence-corrected chi connectivity index (χ2v) is 6.80. The molecular formula is C19H26FN3O2. The van der Waals surface area contributed by atoms with E-state index in [4.69, 9.17) is 4.74 Å². The maximum Gasteiger partial charge on any atom is 0.407 e. The molecule has 1 fully saturated rings. The standard InChI is InChI=1S/C19H26FN3O2/c1-3-25-19(24)21-7-4-8-23(2)12-13-9-15(13)17-11-22-18-6-5-14(20)10-16(17)18/h5-6,10-11,13,15,22H,3-4,7-9,12H2,1-2H3,(H,21,24). The van der Waals surface area contributed by atoms with Gasteiger partial charge in [-0.3, -0.25) is 0 Å². The molecular weight excluding hydrogens is 321 g/mol. The molecule has 1 aromatic heterocycles. The number of hydrogen-bond donors (Lipinski definition) is 2. The summed E-state index contributed by atoms with van der Waals surface area (Å²) in [6, 6.07) is 4.92. The number of amides is 1. The van der Waals surface area contributed by atoms with E-state index in [1.165, 1.54) is 11.6 Å². The van der Waals surface area contributed by atoms with Crippen molar-refractivity contribution in [1.82, 2.24) is 15.2 Å². The molecule has 2 atom stereocenters. The Morgan fingerprint density at radius 2 is 2.32 bits per heavy atom. The molecule has 0 spiro atoms. The van der Waals surface area contributed by atoms with E-state index in [2.05, 4.69) is 22.2 Å². The maximum atomic E-state index is 13.5. The van der Waals surface area contributed by atoms with Crippen molar-refractivity contribution in [3.8, 4) is 0 Å². The van der Waals surface area contributed by atoms with Crippen LogP contribution in [0.4, 0.5) is 9.18 Å². The average molecular weight is 347 g/mol. The summed E-state index contributed by atoms with van der Waals surface area (Å²) in [6.45, 7) is 4.76. The average Bonchev–Trinajstić information content (AvgIpc) is 3.20. The number of H-pyrrole nitrogens is 1. The Kier molecular flexibility index (Phi) is 5.58. The molecule has 1 aliphatic rings. The fourth-order valence-corrected chi connectivity index (χ4v) is 3.46. The quantitative estimate of drug-likeness (QED) is 0.719. The van der Waals surface area contributed by atoms with Crippen LogP contribution in [0.5, 0.6) is 0 Å². The molecule has 0 bridgehead atoms. The largest absolute Gasteiger partial charge is 0.450 e. The van der Waals surface area contributed by atoms with Crippen LogP contribution >= 0.6 is 0 Å². The van der Waals surface area contributed by atoms with Gasteiger partial charge in [0.15, 0.2) is 0 Å². The minimum absolute atomic E-state index is 0.184. The third kappa shape index (κ3) is 4.51. The monoisotopic (exact) mass is 347 g/mol. The summed E-state index contributed by atoms with van der Waals surface area (Å²) in [7, 11) is 2.11. The Labute approximate surface area is 147 Å². The highest BCUT2D eigenvalue weighted by Crippen LogP contribution is 2.49. The van der Waals surface area contributed by atoms with E-state index in [1.807, 2.05) is 6.20 Å². The fraction of sp³-hybridized carbons (Fsp3) is 0.526. The summed E-state index contributed by atoms with van der Waals surface area (Å²) in [5.74, 6) is 0.942. The molecule has 0 aliphatic heterocycles. The lowest BCUT2D eigenvalue weighted by Gasteiger charge is -2.16. The Bertz CT molecular complexity index is 731. The molecule has 2 aromatic rings. The second-order valence-electron chi connectivity index (χ2n) is 6.80. The highest BCUT2D eigenvalue weighted by molar-refractivity contribution is 5.84. The van der Waals surface area contributed by atoms with E-state index in [-0.39, 0.29) is 11.9 Å². The Morgan fingerprint density at radius 3 is 3.12 bits per heavy atom. The molecule has 6 heteroatoms. The predicted octanol–water partition coefficient (Wildman–Crippen LogP) is 3.48. The SMILES string of the molecule is CCOC(=O)NCCCN(C)CC1CC1c1c[nH]c2ccc(F)cc12. The number of alkyl carbamates (subject to hydrolysis) is 1. The number of nitrogens with zero attached hydrogens (tertiary/aromatic N) is 1. The lowest BCUT2D eigenvalue weighted by Crippen LogP contribution is -2.29. The number of ether oxygens (including phenoxy) is 1. The van der Waals surface area contributed by atoms with Crippen molar-refractivity contribution in [2.75, 3.05) is 33.3 Å². The predicted molar refractivity (Wildman–Crippen MR) is 96.2 cm³/mol. The van der Waals surface area contributed by atoms with Gasteiger partial charge in [0.05, 0.1) is 6.61 Å².